The van der Waals surface area contributed by atoms with Gasteiger partial charge in [-0.3, -0.25) is 5.32 Å². The van der Waals surface area contributed by atoms with Crippen molar-refractivity contribution in [3.63, 3.8) is 0 Å². The number of hydrogen-bond donors (Lipinski definition) is 1. The van der Waals surface area contributed by atoms with Crippen LogP contribution in [-0.2, 0) is 5.54 Å². The lowest BCUT2D eigenvalue weighted by Crippen LogP contribution is -2.38. The van der Waals surface area contributed by atoms with E-state index in [-0.39, 0.29) is 0 Å². The van der Waals surface area contributed by atoms with Crippen molar-refractivity contribution >= 4 is 11.6 Å². The monoisotopic (exact) mass is 356 g/mol. The summed E-state index contributed by atoms with van der Waals surface area (Å²) in [6.07, 6.45) is 3.56. The number of pyridine rings is 1. The number of halogens is 1. The second kappa shape index (κ2) is 6.46. The first-order valence-corrected chi connectivity index (χ1v) is 8.44. The number of nitrogens with zero attached hydrogens (tertiary/aromatic N) is 3. The Kier molecular flexibility index (Phi) is 4.15. The van der Waals surface area contributed by atoms with Crippen LogP contribution in [0, 0.1) is 0 Å². The first-order valence-electron chi connectivity index (χ1n) is 8.07. The standard InChI is InChI=1S/C18H17ClN4O2/c1-24-14-5-2-4-12(10-14)16-22-23-17(25-16)18(7-3-8-21-18)13-6-9-20-15(19)11-13/h2,4-6,9-11,21H,3,7-8H2,1H3. The van der Waals surface area contributed by atoms with Gasteiger partial charge in [-0.05, 0) is 55.3 Å². The van der Waals surface area contributed by atoms with Crippen LogP contribution in [0.3, 0.4) is 0 Å². The van der Waals surface area contributed by atoms with Crippen LogP contribution in [0.2, 0.25) is 5.15 Å². The molecule has 1 unspecified atom stereocenters. The Hall–Kier alpha value is -2.44. The van der Waals surface area contributed by atoms with Crippen LogP contribution in [0.4, 0.5) is 0 Å². The summed E-state index contributed by atoms with van der Waals surface area (Å²) in [4.78, 5) is 4.07. The number of benzene rings is 1. The maximum atomic E-state index is 6.09. The van der Waals surface area contributed by atoms with E-state index in [1.54, 1.807) is 13.3 Å². The highest BCUT2D eigenvalue weighted by molar-refractivity contribution is 6.29. The topological polar surface area (TPSA) is 73.1 Å². The molecule has 25 heavy (non-hydrogen) atoms. The quantitative estimate of drug-likeness (QED) is 0.722. The lowest BCUT2D eigenvalue weighted by Gasteiger charge is -2.26. The van der Waals surface area contributed by atoms with Crippen molar-refractivity contribution in [2.24, 2.45) is 0 Å². The highest BCUT2D eigenvalue weighted by atomic mass is 35.5. The predicted octanol–water partition coefficient (Wildman–Crippen LogP) is 3.42. The van der Waals surface area contributed by atoms with E-state index in [2.05, 4.69) is 20.5 Å². The summed E-state index contributed by atoms with van der Waals surface area (Å²) in [6.45, 7) is 0.872. The van der Waals surface area contributed by atoms with Crippen molar-refractivity contribution in [3.05, 3.63) is 59.2 Å². The number of aromatic nitrogens is 3. The molecule has 128 valence electrons. The van der Waals surface area contributed by atoms with E-state index in [9.17, 15) is 0 Å². The molecule has 1 fully saturated rings. The van der Waals surface area contributed by atoms with Crippen LogP contribution < -0.4 is 10.1 Å². The molecule has 0 saturated carbocycles. The molecule has 0 spiro atoms. The molecule has 7 heteroatoms. The Morgan fingerprint density at radius 3 is 2.92 bits per heavy atom. The van der Waals surface area contributed by atoms with Crippen molar-refractivity contribution in [2.45, 2.75) is 18.4 Å². The third-order valence-corrected chi connectivity index (χ3v) is 4.69. The largest absolute Gasteiger partial charge is 0.497 e. The second-order valence-corrected chi connectivity index (χ2v) is 6.33. The number of nitrogens with one attached hydrogen (secondary N) is 1. The van der Waals surface area contributed by atoms with Crippen LogP contribution in [0.15, 0.2) is 47.0 Å². The third-order valence-electron chi connectivity index (χ3n) is 4.48. The first-order chi connectivity index (χ1) is 12.2. The number of ether oxygens (including phenoxy) is 1. The van der Waals surface area contributed by atoms with Gasteiger partial charge in [0.15, 0.2) is 0 Å². The van der Waals surface area contributed by atoms with E-state index in [1.807, 2.05) is 36.4 Å². The molecule has 0 bridgehead atoms. The van der Waals surface area contributed by atoms with Crippen LogP contribution in [0.1, 0.15) is 24.3 Å². The van der Waals surface area contributed by atoms with Gasteiger partial charge in [0, 0.05) is 11.8 Å². The zero-order valence-corrected chi connectivity index (χ0v) is 14.5. The van der Waals surface area contributed by atoms with Gasteiger partial charge >= 0.3 is 0 Å². The fourth-order valence-corrected chi connectivity index (χ4v) is 3.41. The second-order valence-electron chi connectivity index (χ2n) is 5.95. The van der Waals surface area contributed by atoms with Crippen molar-refractivity contribution in [3.8, 4) is 17.2 Å². The molecule has 4 rings (SSSR count). The Balaban J connectivity index is 1.76. The van der Waals surface area contributed by atoms with Gasteiger partial charge in [-0.2, -0.15) is 0 Å². The molecule has 3 heterocycles. The van der Waals surface area contributed by atoms with Gasteiger partial charge in [-0.25, -0.2) is 4.98 Å². The van der Waals surface area contributed by atoms with Gasteiger partial charge in [0.25, 0.3) is 0 Å². The van der Waals surface area contributed by atoms with Gasteiger partial charge in [0.1, 0.15) is 16.4 Å². The van der Waals surface area contributed by atoms with Gasteiger partial charge in [0.2, 0.25) is 11.8 Å². The molecular weight excluding hydrogens is 340 g/mol. The van der Waals surface area contributed by atoms with Gasteiger partial charge < -0.3 is 9.15 Å². The van der Waals surface area contributed by atoms with E-state index in [0.717, 1.165) is 36.3 Å². The third kappa shape index (κ3) is 2.88. The molecule has 1 aliphatic rings. The molecule has 1 saturated heterocycles. The van der Waals surface area contributed by atoms with Gasteiger partial charge in [-0.15, -0.1) is 10.2 Å². The summed E-state index contributed by atoms with van der Waals surface area (Å²) in [5.74, 6) is 1.74. The number of rotatable bonds is 4. The van der Waals surface area contributed by atoms with Crippen molar-refractivity contribution in [2.75, 3.05) is 13.7 Å². The lowest BCUT2D eigenvalue weighted by molar-refractivity contribution is 0.350. The first kappa shape index (κ1) is 16.1. The number of methoxy groups -OCH3 is 1. The molecule has 0 aliphatic carbocycles. The minimum Gasteiger partial charge on any atom is -0.497 e. The SMILES string of the molecule is COc1cccc(-c2nnc(C3(c4ccnc(Cl)c4)CCCN3)o2)c1. The molecular formula is C18H17ClN4O2. The average molecular weight is 357 g/mol. The minimum atomic E-state index is -0.531. The summed E-state index contributed by atoms with van der Waals surface area (Å²) in [5, 5.41) is 12.5. The Bertz CT molecular complexity index is 890. The molecule has 1 atom stereocenters. The Morgan fingerprint density at radius 1 is 1.24 bits per heavy atom. The van der Waals surface area contributed by atoms with Gasteiger partial charge in [-0.1, -0.05) is 17.7 Å². The average Bonchev–Trinajstić information content (AvgIpc) is 3.32. The maximum absolute atomic E-state index is 6.09. The highest BCUT2D eigenvalue weighted by Gasteiger charge is 2.42. The molecule has 3 aromatic rings. The molecule has 1 aromatic carbocycles. The molecule has 0 amide bonds. The molecule has 1 aliphatic heterocycles. The van der Waals surface area contributed by atoms with Crippen molar-refractivity contribution < 1.29 is 9.15 Å². The van der Waals surface area contributed by atoms with Crippen LogP contribution in [-0.4, -0.2) is 28.8 Å². The minimum absolute atomic E-state index is 0.443. The van der Waals surface area contributed by atoms with E-state index in [0.29, 0.717) is 16.9 Å². The van der Waals surface area contributed by atoms with E-state index in [4.69, 9.17) is 20.8 Å². The molecule has 2 aromatic heterocycles. The van der Waals surface area contributed by atoms with Gasteiger partial charge in [0.05, 0.1) is 7.11 Å². The van der Waals surface area contributed by atoms with Crippen LogP contribution in [0.25, 0.3) is 11.5 Å². The van der Waals surface area contributed by atoms with Crippen molar-refractivity contribution in [1.29, 1.82) is 0 Å². The zero-order valence-electron chi connectivity index (χ0n) is 13.7. The summed E-state index contributed by atoms with van der Waals surface area (Å²) in [6, 6.07) is 11.3. The molecule has 6 nitrogen and oxygen atoms in total. The lowest BCUT2D eigenvalue weighted by atomic mass is 9.89. The summed E-state index contributed by atoms with van der Waals surface area (Å²) in [7, 11) is 1.63. The zero-order chi connectivity index (χ0) is 17.3. The Morgan fingerprint density at radius 2 is 2.16 bits per heavy atom. The smallest absolute Gasteiger partial charge is 0.248 e. The fourth-order valence-electron chi connectivity index (χ4n) is 3.23. The summed E-state index contributed by atoms with van der Waals surface area (Å²) < 4.78 is 11.3. The van der Waals surface area contributed by atoms with E-state index in [1.165, 1.54) is 0 Å². The van der Waals surface area contributed by atoms with Crippen LogP contribution in [0.5, 0.6) is 5.75 Å². The molecule has 0 radical (unpaired) electrons. The summed E-state index contributed by atoms with van der Waals surface area (Å²) >= 11 is 6.09. The van der Waals surface area contributed by atoms with Crippen LogP contribution >= 0.6 is 11.6 Å². The van der Waals surface area contributed by atoms with E-state index >= 15 is 0 Å². The molecule has 1 N–H and O–H groups in total. The summed E-state index contributed by atoms with van der Waals surface area (Å²) in [5.41, 5.74) is 1.27. The van der Waals surface area contributed by atoms with E-state index < -0.39 is 5.54 Å². The number of hydrogen-bond acceptors (Lipinski definition) is 6. The highest BCUT2D eigenvalue weighted by Crippen LogP contribution is 2.38. The fraction of sp³-hybridized carbons (Fsp3) is 0.278. The normalized spacial score (nSPS) is 19.9. The Labute approximate surface area is 150 Å². The maximum Gasteiger partial charge on any atom is 0.248 e. The van der Waals surface area contributed by atoms with Crippen molar-refractivity contribution in [1.82, 2.24) is 20.5 Å². The predicted molar refractivity (Wildman–Crippen MR) is 93.5 cm³/mol.